The van der Waals surface area contributed by atoms with E-state index < -0.39 is 6.10 Å². The summed E-state index contributed by atoms with van der Waals surface area (Å²) in [5.74, 6) is -0.0106. The number of benzene rings is 1. The van der Waals surface area contributed by atoms with Crippen LogP contribution in [-0.4, -0.2) is 34.7 Å². The van der Waals surface area contributed by atoms with E-state index in [1.54, 1.807) is 0 Å². The highest BCUT2D eigenvalue weighted by Gasteiger charge is 2.30. The number of hydrogen-bond donors (Lipinski definition) is 4. The Kier molecular flexibility index (Phi) is 4.45. The molecule has 1 heterocycles. The molecule has 5 N–H and O–H groups in total. The number of aliphatic hydroxyl groups excluding tert-OH is 1. The van der Waals surface area contributed by atoms with E-state index in [-0.39, 0.29) is 17.9 Å². The van der Waals surface area contributed by atoms with Gasteiger partial charge in [0.15, 0.2) is 0 Å². The summed E-state index contributed by atoms with van der Waals surface area (Å²) in [5.41, 5.74) is 8.18. The molecule has 1 amide bonds. The van der Waals surface area contributed by atoms with Gasteiger partial charge in [0.05, 0.1) is 6.10 Å². The topological polar surface area (TPSA) is 91.1 Å². The zero-order valence-corrected chi connectivity index (χ0v) is 12.6. The number of para-hydroxylation sites is 1. The van der Waals surface area contributed by atoms with Crippen LogP contribution in [0.25, 0.3) is 10.9 Å². The minimum Gasteiger partial charge on any atom is -0.392 e. The fourth-order valence-corrected chi connectivity index (χ4v) is 3.23. The monoisotopic (exact) mass is 301 g/mol. The molecule has 5 heteroatoms. The Morgan fingerprint density at radius 3 is 3.00 bits per heavy atom. The van der Waals surface area contributed by atoms with Gasteiger partial charge in [-0.3, -0.25) is 4.79 Å². The van der Waals surface area contributed by atoms with Gasteiger partial charge in [-0.15, -0.1) is 0 Å². The van der Waals surface area contributed by atoms with Crippen LogP contribution < -0.4 is 11.1 Å². The number of hydrogen-bond acceptors (Lipinski definition) is 3. The van der Waals surface area contributed by atoms with Crippen molar-refractivity contribution in [3.05, 3.63) is 36.0 Å². The maximum atomic E-state index is 12.2. The van der Waals surface area contributed by atoms with Crippen molar-refractivity contribution in [1.29, 1.82) is 0 Å². The molecule has 0 bridgehead atoms. The summed E-state index contributed by atoms with van der Waals surface area (Å²) in [6.45, 7) is 0.620. The van der Waals surface area contributed by atoms with Gasteiger partial charge < -0.3 is 21.1 Å². The van der Waals surface area contributed by atoms with Crippen molar-refractivity contribution in [2.75, 3.05) is 6.54 Å². The van der Waals surface area contributed by atoms with Crippen molar-refractivity contribution < 1.29 is 9.90 Å². The van der Waals surface area contributed by atoms with Crippen LogP contribution in [-0.2, 0) is 11.2 Å². The molecule has 1 aromatic heterocycles. The number of carbonyl (C=O) groups is 1. The van der Waals surface area contributed by atoms with Crippen LogP contribution in [0.3, 0.4) is 0 Å². The molecule has 22 heavy (non-hydrogen) atoms. The molecular formula is C17H23N3O2. The summed E-state index contributed by atoms with van der Waals surface area (Å²) in [5, 5.41) is 13.8. The van der Waals surface area contributed by atoms with E-state index in [1.807, 2.05) is 24.4 Å². The Morgan fingerprint density at radius 1 is 1.36 bits per heavy atom. The standard InChI is InChI=1S/C17H23N3O2/c18-14-9-11(5-6-16(14)21)17(22)19-8-7-12-10-20-15-4-2-1-3-13(12)15/h1-4,10-11,14,16,20-21H,5-9,18H2,(H,19,22)/t11-,14+,16+/m0/s1. The molecule has 1 aromatic carbocycles. The molecule has 0 unspecified atom stereocenters. The molecule has 0 aliphatic heterocycles. The summed E-state index contributed by atoms with van der Waals surface area (Å²) in [6, 6.07) is 7.88. The molecule has 0 spiro atoms. The maximum Gasteiger partial charge on any atom is 0.223 e. The summed E-state index contributed by atoms with van der Waals surface area (Å²) in [7, 11) is 0. The fraction of sp³-hybridized carbons (Fsp3) is 0.471. The smallest absolute Gasteiger partial charge is 0.223 e. The van der Waals surface area contributed by atoms with Crippen molar-refractivity contribution in [2.24, 2.45) is 11.7 Å². The zero-order valence-electron chi connectivity index (χ0n) is 12.6. The van der Waals surface area contributed by atoms with E-state index >= 15 is 0 Å². The quantitative estimate of drug-likeness (QED) is 0.686. The third-order valence-electron chi connectivity index (χ3n) is 4.60. The average Bonchev–Trinajstić information content (AvgIpc) is 2.93. The van der Waals surface area contributed by atoms with E-state index in [0.29, 0.717) is 25.8 Å². The third-order valence-corrected chi connectivity index (χ3v) is 4.60. The molecule has 118 valence electrons. The molecule has 1 fully saturated rings. The van der Waals surface area contributed by atoms with Gasteiger partial charge in [-0.25, -0.2) is 0 Å². The summed E-state index contributed by atoms with van der Waals surface area (Å²) in [6.07, 6.45) is 4.24. The lowest BCUT2D eigenvalue weighted by Gasteiger charge is -2.30. The van der Waals surface area contributed by atoms with Crippen molar-refractivity contribution >= 4 is 16.8 Å². The Hall–Kier alpha value is -1.85. The predicted molar refractivity (Wildman–Crippen MR) is 86.3 cm³/mol. The van der Waals surface area contributed by atoms with Crippen molar-refractivity contribution in [2.45, 2.75) is 37.8 Å². The van der Waals surface area contributed by atoms with Crippen LogP contribution >= 0.6 is 0 Å². The number of nitrogens with one attached hydrogen (secondary N) is 2. The molecule has 3 atom stereocenters. The molecule has 3 rings (SSSR count). The third kappa shape index (κ3) is 3.15. The van der Waals surface area contributed by atoms with Crippen molar-refractivity contribution in [1.82, 2.24) is 10.3 Å². The van der Waals surface area contributed by atoms with Gasteiger partial charge >= 0.3 is 0 Å². The number of amides is 1. The molecule has 1 saturated carbocycles. The molecule has 2 aromatic rings. The average molecular weight is 301 g/mol. The molecule has 5 nitrogen and oxygen atoms in total. The van der Waals surface area contributed by atoms with E-state index in [2.05, 4.69) is 16.4 Å². The van der Waals surface area contributed by atoms with E-state index in [1.165, 1.54) is 10.9 Å². The first kappa shape index (κ1) is 15.1. The number of aromatic amines is 1. The fourth-order valence-electron chi connectivity index (χ4n) is 3.23. The molecule has 1 aliphatic rings. The highest BCUT2D eigenvalue weighted by atomic mass is 16.3. The Morgan fingerprint density at radius 2 is 2.18 bits per heavy atom. The minimum absolute atomic E-state index is 0.0576. The number of H-pyrrole nitrogens is 1. The van der Waals surface area contributed by atoms with E-state index in [9.17, 15) is 9.90 Å². The number of nitrogens with two attached hydrogens (primary N) is 1. The first-order chi connectivity index (χ1) is 10.6. The van der Waals surface area contributed by atoms with Gasteiger partial charge in [-0.2, -0.15) is 0 Å². The van der Waals surface area contributed by atoms with Gasteiger partial charge in [0.2, 0.25) is 5.91 Å². The van der Waals surface area contributed by atoms with E-state index in [4.69, 9.17) is 5.73 Å². The second-order valence-electron chi connectivity index (χ2n) is 6.14. The molecule has 0 radical (unpaired) electrons. The predicted octanol–water partition coefficient (Wildman–Crippen LogP) is 1.31. The lowest BCUT2D eigenvalue weighted by molar-refractivity contribution is -0.126. The molecular weight excluding hydrogens is 278 g/mol. The summed E-state index contributed by atoms with van der Waals surface area (Å²) < 4.78 is 0. The summed E-state index contributed by atoms with van der Waals surface area (Å²) >= 11 is 0. The van der Waals surface area contributed by atoms with Crippen molar-refractivity contribution in [3.8, 4) is 0 Å². The van der Waals surface area contributed by atoms with Crippen molar-refractivity contribution in [3.63, 3.8) is 0 Å². The summed E-state index contributed by atoms with van der Waals surface area (Å²) in [4.78, 5) is 15.4. The van der Waals surface area contributed by atoms with Crippen LogP contribution in [0.15, 0.2) is 30.5 Å². The first-order valence-electron chi connectivity index (χ1n) is 7.91. The van der Waals surface area contributed by atoms with Gasteiger partial charge in [-0.05, 0) is 37.3 Å². The Labute approximate surface area is 129 Å². The second kappa shape index (κ2) is 6.50. The normalized spacial score (nSPS) is 25.3. The highest BCUT2D eigenvalue weighted by Crippen LogP contribution is 2.24. The minimum atomic E-state index is -0.463. The van der Waals surface area contributed by atoms with Crippen LogP contribution in [0.1, 0.15) is 24.8 Å². The van der Waals surface area contributed by atoms with Gasteiger partial charge in [0.1, 0.15) is 0 Å². The van der Waals surface area contributed by atoms with E-state index in [0.717, 1.165) is 11.9 Å². The van der Waals surface area contributed by atoms with Gasteiger partial charge in [-0.1, -0.05) is 18.2 Å². The van der Waals surface area contributed by atoms with Crippen LogP contribution in [0.2, 0.25) is 0 Å². The van der Waals surface area contributed by atoms with Gasteiger partial charge in [0.25, 0.3) is 0 Å². The van der Waals surface area contributed by atoms with Crippen LogP contribution in [0.4, 0.5) is 0 Å². The SMILES string of the molecule is N[C@@H]1C[C@@H](C(=O)NCCc2c[nH]c3ccccc23)CC[C@H]1O. The number of aliphatic hydroxyl groups is 1. The number of aromatic nitrogens is 1. The number of fused-ring (bicyclic) bond motifs is 1. The molecule has 0 saturated heterocycles. The maximum absolute atomic E-state index is 12.2. The number of carbonyl (C=O) groups excluding carboxylic acids is 1. The second-order valence-corrected chi connectivity index (χ2v) is 6.14. The van der Waals surface area contributed by atoms with Gasteiger partial charge in [0, 0.05) is 35.6 Å². The molecule has 1 aliphatic carbocycles. The Balaban J connectivity index is 1.51. The number of rotatable bonds is 4. The largest absolute Gasteiger partial charge is 0.392 e. The zero-order chi connectivity index (χ0) is 15.5. The first-order valence-corrected chi connectivity index (χ1v) is 7.91. The van der Waals surface area contributed by atoms with Crippen LogP contribution in [0, 0.1) is 5.92 Å². The lowest BCUT2D eigenvalue weighted by Crippen LogP contribution is -2.45. The Bertz CT molecular complexity index is 652. The highest BCUT2D eigenvalue weighted by molar-refractivity contribution is 5.83. The lowest BCUT2D eigenvalue weighted by atomic mass is 9.83. The van der Waals surface area contributed by atoms with Crippen LogP contribution in [0.5, 0.6) is 0 Å².